The molecule has 0 saturated carbocycles. The van der Waals surface area contributed by atoms with Gasteiger partial charge in [-0.05, 0) is 13.3 Å². The first-order valence-electron chi connectivity index (χ1n) is 5.89. The second-order valence-electron chi connectivity index (χ2n) is 4.29. The molecule has 1 saturated heterocycles. The van der Waals surface area contributed by atoms with E-state index in [0.29, 0.717) is 0 Å². The van der Waals surface area contributed by atoms with Crippen molar-refractivity contribution in [2.75, 3.05) is 18.8 Å². The Labute approximate surface area is 102 Å². The van der Waals surface area contributed by atoms with Crippen molar-refractivity contribution in [3.8, 4) is 0 Å². The molecule has 0 bridgehead atoms. The van der Waals surface area contributed by atoms with Gasteiger partial charge in [0.15, 0.2) is 0 Å². The third-order valence-corrected chi connectivity index (χ3v) is 4.27. The standard InChI is InChI=1S/C12H19N3S/c1-3-12-9-15(4-5-16-12)8-11-7-13-10(2)6-14-11/h6-7,12H,3-5,8-9H2,1-2H3. The fourth-order valence-corrected chi connectivity index (χ4v) is 3.15. The Morgan fingerprint density at radius 3 is 3.00 bits per heavy atom. The van der Waals surface area contributed by atoms with E-state index in [1.807, 2.05) is 19.3 Å². The molecule has 2 heterocycles. The Morgan fingerprint density at radius 2 is 2.31 bits per heavy atom. The second kappa shape index (κ2) is 5.64. The molecule has 1 aliphatic rings. The van der Waals surface area contributed by atoms with Gasteiger partial charge in [0.05, 0.1) is 11.4 Å². The number of thioether (sulfide) groups is 1. The first kappa shape index (κ1) is 11.9. The smallest absolute Gasteiger partial charge is 0.0727 e. The van der Waals surface area contributed by atoms with E-state index in [-0.39, 0.29) is 0 Å². The number of aryl methyl sites for hydroxylation is 1. The van der Waals surface area contributed by atoms with Gasteiger partial charge in [0.2, 0.25) is 0 Å². The largest absolute Gasteiger partial charge is 0.296 e. The summed E-state index contributed by atoms with van der Waals surface area (Å²) in [5.41, 5.74) is 2.08. The SMILES string of the molecule is CCC1CN(Cc2cnc(C)cn2)CCS1. The van der Waals surface area contributed by atoms with Crippen molar-refractivity contribution in [1.29, 1.82) is 0 Å². The maximum atomic E-state index is 4.41. The Kier molecular flexibility index (Phi) is 4.18. The lowest BCUT2D eigenvalue weighted by Crippen LogP contribution is -2.37. The lowest BCUT2D eigenvalue weighted by Gasteiger charge is -2.31. The first-order valence-corrected chi connectivity index (χ1v) is 6.94. The molecule has 0 N–H and O–H groups in total. The monoisotopic (exact) mass is 237 g/mol. The molecule has 88 valence electrons. The van der Waals surface area contributed by atoms with Crippen LogP contribution in [0, 0.1) is 6.92 Å². The highest BCUT2D eigenvalue weighted by Crippen LogP contribution is 2.21. The summed E-state index contributed by atoms with van der Waals surface area (Å²) in [6.07, 6.45) is 5.02. The molecule has 4 heteroatoms. The lowest BCUT2D eigenvalue weighted by atomic mass is 10.3. The summed E-state index contributed by atoms with van der Waals surface area (Å²) < 4.78 is 0. The zero-order valence-electron chi connectivity index (χ0n) is 10.0. The summed E-state index contributed by atoms with van der Waals surface area (Å²) in [5, 5.41) is 0.798. The van der Waals surface area contributed by atoms with Crippen LogP contribution in [0.1, 0.15) is 24.7 Å². The molecule has 0 radical (unpaired) electrons. The van der Waals surface area contributed by atoms with Gasteiger partial charge in [-0.25, -0.2) is 0 Å². The molecular formula is C12H19N3S. The van der Waals surface area contributed by atoms with Crippen molar-refractivity contribution in [1.82, 2.24) is 14.9 Å². The molecule has 1 aromatic heterocycles. The highest BCUT2D eigenvalue weighted by molar-refractivity contribution is 8.00. The van der Waals surface area contributed by atoms with Crippen LogP contribution >= 0.6 is 11.8 Å². The van der Waals surface area contributed by atoms with Gasteiger partial charge in [-0.2, -0.15) is 11.8 Å². The molecule has 1 fully saturated rings. The Hall–Kier alpha value is -0.610. The summed E-state index contributed by atoms with van der Waals surface area (Å²) in [4.78, 5) is 11.2. The molecule has 0 spiro atoms. The fraction of sp³-hybridized carbons (Fsp3) is 0.667. The maximum Gasteiger partial charge on any atom is 0.0727 e. The molecule has 2 rings (SSSR count). The van der Waals surface area contributed by atoms with Crippen LogP contribution in [0.5, 0.6) is 0 Å². The second-order valence-corrected chi connectivity index (χ2v) is 5.69. The number of hydrogen-bond donors (Lipinski definition) is 0. The number of hydrogen-bond acceptors (Lipinski definition) is 4. The van der Waals surface area contributed by atoms with E-state index in [9.17, 15) is 0 Å². The molecule has 1 aliphatic heterocycles. The number of rotatable bonds is 3. The van der Waals surface area contributed by atoms with E-state index in [4.69, 9.17) is 0 Å². The number of aromatic nitrogens is 2. The van der Waals surface area contributed by atoms with Gasteiger partial charge in [-0.1, -0.05) is 6.92 Å². The Bertz CT molecular complexity index is 326. The molecule has 0 aromatic carbocycles. The van der Waals surface area contributed by atoms with Crippen molar-refractivity contribution in [3.63, 3.8) is 0 Å². The van der Waals surface area contributed by atoms with Crippen molar-refractivity contribution in [2.45, 2.75) is 32.1 Å². The van der Waals surface area contributed by atoms with Crippen LogP contribution in [0.4, 0.5) is 0 Å². The van der Waals surface area contributed by atoms with E-state index in [1.54, 1.807) is 0 Å². The van der Waals surface area contributed by atoms with E-state index in [2.05, 4.69) is 33.6 Å². The summed E-state index contributed by atoms with van der Waals surface area (Å²) in [7, 11) is 0. The molecule has 16 heavy (non-hydrogen) atoms. The number of nitrogens with zero attached hydrogens (tertiary/aromatic N) is 3. The average molecular weight is 237 g/mol. The van der Waals surface area contributed by atoms with Gasteiger partial charge < -0.3 is 0 Å². The zero-order valence-corrected chi connectivity index (χ0v) is 10.8. The van der Waals surface area contributed by atoms with Gasteiger partial charge in [0.25, 0.3) is 0 Å². The van der Waals surface area contributed by atoms with Gasteiger partial charge >= 0.3 is 0 Å². The summed E-state index contributed by atoms with van der Waals surface area (Å²) in [5.74, 6) is 1.25. The van der Waals surface area contributed by atoms with Gasteiger partial charge in [-0.3, -0.25) is 14.9 Å². The van der Waals surface area contributed by atoms with Crippen LogP contribution in [0.3, 0.4) is 0 Å². The normalized spacial score (nSPS) is 22.2. The molecular weight excluding hydrogens is 218 g/mol. The quantitative estimate of drug-likeness (QED) is 0.805. The van der Waals surface area contributed by atoms with E-state index >= 15 is 0 Å². The summed E-state index contributed by atoms with van der Waals surface area (Å²) in [6.45, 7) is 7.56. The highest BCUT2D eigenvalue weighted by atomic mass is 32.2. The fourth-order valence-electron chi connectivity index (χ4n) is 1.90. The lowest BCUT2D eigenvalue weighted by molar-refractivity contribution is 0.269. The van der Waals surface area contributed by atoms with Crippen LogP contribution in [0.25, 0.3) is 0 Å². The molecule has 3 nitrogen and oxygen atoms in total. The summed E-state index contributed by atoms with van der Waals surface area (Å²) >= 11 is 2.10. The van der Waals surface area contributed by atoms with E-state index < -0.39 is 0 Å². The third-order valence-electron chi connectivity index (χ3n) is 2.90. The van der Waals surface area contributed by atoms with Crippen LogP contribution < -0.4 is 0 Å². The van der Waals surface area contributed by atoms with Crippen LogP contribution in [-0.2, 0) is 6.54 Å². The molecule has 0 amide bonds. The minimum Gasteiger partial charge on any atom is -0.296 e. The topological polar surface area (TPSA) is 29.0 Å². The minimum atomic E-state index is 0.798. The minimum absolute atomic E-state index is 0.798. The van der Waals surface area contributed by atoms with Gasteiger partial charge in [0.1, 0.15) is 0 Å². The summed E-state index contributed by atoms with van der Waals surface area (Å²) in [6, 6.07) is 0. The Balaban J connectivity index is 1.91. The first-order chi connectivity index (χ1) is 7.78. The predicted octanol–water partition coefficient (Wildman–Crippen LogP) is 2.11. The van der Waals surface area contributed by atoms with Gasteiger partial charge in [-0.15, -0.1) is 0 Å². The van der Waals surface area contributed by atoms with Crippen molar-refractivity contribution in [2.24, 2.45) is 0 Å². The predicted molar refractivity (Wildman–Crippen MR) is 68.6 cm³/mol. The molecule has 1 aromatic rings. The van der Waals surface area contributed by atoms with E-state index in [0.717, 1.165) is 23.2 Å². The van der Waals surface area contributed by atoms with E-state index in [1.165, 1.54) is 25.3 Å². The zero-order chi connectivity index (χ0) is 11.4. The third kappa shape index (κ3) is 3.19. The molecule has 1 unspecified atom stereocenters. The average Bonchev–Trinajstić information content (AvgIpc) is 2.32. The van der Waals surface area contributed by atoms with Crippen molar-refractivity contribution in [3.05, 3.63) is 23.8 Å². The highest BCUT2D eigenvalue weighted by Gasteiger charge is 2.19. The van der Waals surface area contributed by atoms with Crippen LogP contribution in [0.2, 0.25) is 0 Å². The molecule has 0 aliphatic carbocycles. The molecule has 1 atom stereocenters. The van der Waals surface area contributed by atoms with Crippen LogP contribution in [0.15, 0.2) is 12.4 Å². The van der Waals surface area contributed by atoms with Gasteiger partial charge in [0, 0.05) is 43.0 Å². The Morgan fingerprint density at radius 1 is 1.44 bits per heavy atom. The van der Waals surface area contributed by atoms with Crippen molar-refractivity contribution < 1.29 is 0 Å². The van der Waals surface area contributed by atoms with Crippen molar-refractivity contribution >= 4 is 11.8 Å². The van der Waals surface area contributed by atoms with Crippen LogP contribution in [-0.4, -0.2) is 39.0 Å². The maximum absolute atomic E-state index is 4.41.